The summed E-state index contributed by atoms with van der Waals surface area (Å²) in [7, 11) is 3.61. The second-order valence-electron chi connectivity index (χ2n) is 9.63. The highest BCUT2D eigenvalue weighted by molar-refractivity contribution is 6.42. The topological polar surface area (TPSA) is 66.1 Å². The maximum absolute atomic E-state index is 13.5. The number of nitrogens with zero attached hydrogens (tertiary/aromatic N) is 3. The van der Waals surface area contributed by atoms with E-state index in [0.717, 1.165) is 44.8 Å². The monoisotopic (exact) mass is 509 g/mol. The molecule has 0 unspecified atom stereocenters. The van der Waals surface area contributed by atoms with Gasteiger partial charge >= 0.3 is 0 Å². The number of hydrogen-bond donors (Lipinski definition) is 0. The van der Waals surface area contributed by atoms with Crippen LogP contribution >= 0.6 is 0 Å². The summed E-state index contributed by atoms with van der Waals surface area (Å²) < 4.78 is 9.33. The van der Waals surface area contributed by atoms with E-state index in [9.17, 15) is 9.59 Å². The third-order valence-electron chi connectivity index (χ3n) is 7.39. The number of carbonyl (C=O) groups is 2. The highest BCUT2D eigenvalue weighted by atomic mass is 16.5. The minimum absolute atomic E-state index is 0.163. The molecule has 7 rings (SSSR count). The molecule has 0 atom stereocenters. The molecule has 6 nitrogen and oxygen atoms in total. The Labute approximate surface area is 224 Å². The molecular formula is C33H23N3O3. The lowest BCUT2D eigenvalue weighted by atomic mass is 10.0. The summed E-state index contributed by atoms with van der Waals surface area (Å²) in [4.78, 5) is 32.0. The number of rotatable bonds is 4. The van der Waals surface area contributed by atoms with E-state index in [-0.39, 0.29) is 17.1 Å². The molecule has 0 fully saturated rings. The molecule has 6 aromatic rings. The van der Waals surface area contributed by atoms with Gasteiger partial charge in [0.15, 0.2) is 17.2 Å². The summed E-state index contributed by atoms with van der Waals surface area (Å²) in [5.41, 5.74) is 5.25. The van der Waals surface area contributed by atoms with Crippen molar-refractivity contribution in [3.63, 3.8) is 0 Å². The van der Waals surface area contributed by atoms with Gasteiger partial charge in [-0.2, -0.15) is 0 Å². The Morgan fingerprint density at radius 2 is 1.38 bits per heavy atom. The highest BCUT2D eigenvalue weighted by Crippen LogP contribution is 2.34. The van der Waals surface area contributed by atoms with Gasteiger partial charge in [0.2, 0.25) is 0 Å². The molecule has 0 aliphatic heterocycles. The van der Waals surface area contributed by atoms with Gasteiger partial charge in [-0.1, -0.05) is 42.5 Å². The van der Waals surface area contributed by atoms with Gasteiger partial charge in [-0.3, -0.25) is 14.2 Å². The smallest absolute Gasteiger partial charge is 0.197 e. The van der Waals surface area contributed by atoms with Crippen LogP contribution in [0.1, 0.15) is 26.4 Å². The molecule has 0 radical (unpaired) electrons. The van der Waals surface area contributed by atoms with Crippen LogP contribution in [0.2, 0.25) is 0 Å². The number of Topliss-reactive ketones (excluding diaryl/α,β-unsaturated/α-hetero) is 2. The highest BCUT2D eigenvalue weighted by Gasteiger charge is 2.34. The van der Waals surface area contributed by atoms with E-state index in [4.69, 9.17) is 9.72 Å². The fourth-order valence-corrected chi connectivity index (χ4v) is 5.39. The lowest BCUT2D eigenvalue weighted by Gasteiger charge is -2.08. The largest absolute Gasteiger partial charge is 0.497 e. The fourth-order valence-electron chi connectivity index (χ4n) is 5.39. The Hall–Kier alpha value is -5.23. The molecule has 6 heteroatoms. The maximum Gasteiger partial charge on any atom is 0.197 e. The molecule has 0 N–H and O–H groups in total. The van der Waals surface area contributed by atoms with Crippen molar-refractivity contribution in [2.45, 2.75) is 0 Å². The Balaban J connectivity index is 1.40. The van der Waals surface area contributed by atoms with Crippen LogP contribution in [0.15, 0.2) is 103 Å². The molecule has 0 spiro atoms. The molecule has 0 amide bonds. The molecule has 188 valence electrons. The van der Waals surface area contributed by atoms with Crippen molar-refractivity contribution >= 4 is 39.6 Å². The van der Waals surface area contributed by atoms with E-state index < -0.39 is 0 Å². The van der Waals surface area contributed by atoms with Gasteiger partial charge in [0, 0.05) is 29.4 Å². The van der Waals surface area contributed by atoms with E-state index in [1.807, 2.05) is 113 Å². The minimum atomic E-state index is -0.252. The maximum atomic E-state index is 13.5. The van der Waals surface area contributed by atoms with E-state index in [0.29, 0.717) is 16.8 Å². The van der Waals surface area contributed by atoms with Gasteiger partial charge in [-0.15, -0.1) is 0 Å². The number of imidazole rings is 1. The van der Waals surface area contributed by atoms with Crippen LogP contribution in [0, 0.1) is 0 Å². The van der Waals surface area contributed by atoms with Crippen LogP contribution in [0.5, 0.6) is 5.75 Å². The second kappa shape index (κ2) is 8.67. The summed E-state index contributed by atoms with van der Waals surface area (Å²) in [5.74, 6) is 1.08. The molecule has 0 saturated heterocycles. The Morgan fingerprint density at radius 3 is 2.00 bits per heavy atom. The van der Waals surface area contributed by atoms with E-state index in [2.05, 4.69) is 0 Å². The first-order chi connectivity index (χ1) is 19.0. The van der Waals surface area contributed by atoms with Gasteiger partial charge < -0.3 is 9.30 Å². The molecule has 1 aliphatic carbocycles. The van der Waals surface area contributed by atoms with Crippen LogP contribution in [0.4, 0.5) is 0 Å². The fraction of sp³-hybridized carbons (Fsp3) is 0.0606. The number of para-hydroxylation sites is 1. The van der Waals surface area contributed by atoms with Crippen molar-refractivity contribution in [3.05, 3.63) is 119 Å². The summed E-state index contributed by atoms with van der Waals surface area (Å²) in [5, 5.41) is 1.87. The van der Waals surface area contributed by atoms with E-state index in [1.165, 1.54) is 0 Å². The van der Waals surface area contributed by atoms with Crippen molar-refractivity contribution in [1.82, 2.24) is 14.1 Å². The summed E-state index contributed by atoms with van der Waals surface area (Å²) >= 11 is 0. The molecule has 4 aromatic carbocycles. The van der Waals surface area contributed by atoms with Crippen molar-refractivity contribution < 1.29 is 14.3 Å². The molecule has 39 heavy (non-hydrogen) atoms. The number of allylic oxidation sites excluding steroid dienone is 1. The lowest BCUT2D eigenvalue weighted by Crippen LogP contribution is -2.03. The Bertz CT molecular complexity index is 1920. The molecular weight excluding hydrogens is 486 g/mol. The first kappa shape index (κ1) is 22.9. The van der Waals surface area contributed by atoms with Crippen molar-refractivity contribution in [3.8, 4) is 22.8 Å². The molecule has 0 bridgehead atoms. The summed E-state index contributed by atoms with van der Waals surface area (Å²) in [6.45, 7) is 0. The Morgan fingerprint density at radius 1 is 0.769 bits per heavy atom. The second-order valence-corrected chi connectivity index (χ2v) is 9.63. The van der Waals surface area contributed by atoms with Crippen molar-refractivity contribution in [2.24, 2.45) is 7.05 Å². The van der Waals surface area contributed by atoms with Crippen LogP contribution in [0.3, 0.4) is 0 Å². The van der Waals surface area contributed by atoms with Crippen LogP contribution in [-0.4, -0.2) is 32.8 Å². The van der Waals surface area contributed by atoms with Crippen molar-refractivity contribution in [1.29, 1.82) is 0 Å². The third-order valence-corrected chi connectivity index (χ3v) is 7.39. The van der Waals surface area contributed by atoms with Gasteiger partial charge in [-0.25, -0.2) is 4.98 Å². The van der Waals surface area contributed by atoms with Gasteiger partial charge in [0.25, 0.3) is 0 Å². The number of ether oxygens (including phenoxy) is 1. The summed E-state index contributed by atoms with van der Waals surface area (Å²) in [6, 6.07) is 31.0. The number of carbonyl (C=O) groups excluding carboxylic acids is 2. The number of methoxy groups -OCH3 is 1. The number of aromatic nitrogens is 3. The average Bonchev–Trinajstić information content (AvgIpc) is 3.57. The van der Waals surface area contributed by atoms with Gasteiger partial charge in [-0.05, 0) is 71.4 Å². The lowest BCUT2D eigenvalue weighted by molar-refractivity contribution is 0.0990. The number of hydrogen-bond acceptors (Lipinski definition) is 4. The first-order valence-corrected chi connectivity index (χ1v) is 12.7. The zero-order valence-electron chi connectivity index (χ0n) is 21.4. The molecule has 2 heterocycles. The molecule has 2 aromatic heterocycles. The number of benzene rings is 4. The van der Waals surface area contributed by atoms with Crippen molar-refractivity contribution in [2.75, 3.05) is 7.11 Å². The van der Waals surface area contributed by atoms with Crippen LogP contribution < -0.4 is 4.74 Å². The molecule has 1 aliphatic rings. The third kappa shape index (κ3) is 3.53. The normalized spacial score (nSPS) is 12.9. The van der Waals surface area contributed by atoms with E-state index >= 15 is 0 Å². The first-order valence-electron chi connectivity index (χ1n) is 12.7. The van der Waals surface area contributed by atoms with Gasteiger partial charge in [0.1, 0.15) is 11.6 Å². The average molecular weight is 510 g/mol. The summed E-state index contributed by atoms with van der Waals surface area (Å²) in [6.07, 6.45) is 1.71. The predicted molar refractivity (Wildman–Crippen MR) is 153 cm³/mol. The number of aryl methyl sites for hydroxylation is 1. The number of fused-ring (bicyclic) bond motifs is 3. The quantitative estimate of drug-likeness (QED) is 0.197. The number of ketones is 2. The zero-order chi connectivity index (χ0) is 26.7. The van der Waals surface area contributed by atoms with Crippen LogP contribution in [-0.2, 0) is 7.05 Å². The SMILES string of the molecule is COc1ccc(-c2nc3c(cc(C=C4C(=O)c5cc6ccccc6cc5C4=O)n3-c3ccccc3)n2C)cc1. The standard InChI is InChI=1S/C33H23N3O3/c1-35-29-19-24(18-28-30(37)26-16-21-8-6-7-9-22(21)17-27(26)31(28)38)36(23-10-4-3-5-11-23)33(29)34-32(35)20-12-14-25(39-2)15-13-20/h3-19H,1-2H3. The molecule has 0 saturated carbocycles. The van der Waals surface area contributed by atoms with Gasteiger partial charge in [0.05, 0.1) is 23.9 Å². The Kier molecular flexibility index (Phi) is 5.10. The predicted octanol–water partition coefficient (Wildman–Crippen LogP) is 6.66. The minimum Gasteiger partial charge on any atom is -0.497 e. The van der Waals surface area contributed by atoms with E-state index in [1.54, 1.807) is 13.2 Å². The zero-order valence-corrected chi connectivity index (χ0v) is 21.4. The van der Waals surface area contributed by atoms with Crippen LogP contribution in [0.25, 0.3) is 45.1 Å².